The summed E-state index contributed by atoms with van der Waals surface area (Å²) in [6.07, 6.45) is 0.823. The average Bonchev–Trinajstić information content (AvgIpc) is 2.67. The van der Waals surface area contributed by atoms with Crippen LogP contribution in [0.15, 0.2) is 24.3 Å². The number of rotatable bonds is 4. The van der Waals surface area contributed by atoms with Crippen molar-refractivity contribution in [3.63, 3.8) is 0 Å². The molecule has 0 saturated carbocycles. The molecule has 4 heteroatoms. The fraction of sp³-hybridized carbons (Fsp3) is 0.375. The van der Waals surface area contributed by atoms with Crippen molar-refractivity contribution in [2.24, 2.45) is 5.73 Å². The number of hydrogen-bond acceptors (Lipinski definition) is 2. The molecular weight excluding hydrogens is 250 g/mol. The van der Waals surface area contributed by atoms with Crippen molar-refractivity contribution < 1.29 is 4.79 Å². The molecule has 20 heavy (non-hydrogen) atoms. The molecule has 4 nitrogen and oxygen atoms in total. The van der Waals surface area contributed by atoms with Gasteiger partial charge in [0, 0.05) is 29.3 Å². The Hall–Kier alpha value is -2.10. The lowest BCUT2D eigenvalue weighted by atomic mass is 10.0. The third-order valence-electron chi connectivity index (χ3n) is 3.58. The Labute approximate surface area is 119 Å². The molecule has 0 fully saturated rings. The van der Waals surface area contributed by atoms with Gasteiger partial charge in [0.2, 0.25) is 5.91 Å². The number of nitrogens with zero attached hydrogens (tertiary/aromatic N) is 2. The summed E-state index contributed by atoms with van der Waals surface area (Å²) in [5, 5.41) is 4.59. The van der Waals surface area contributed by atoms with Crippen LogP contribution in [0.25, 0.3) is 0 Å². The predicted octanol–water partition coefficient (Wildman–Crippen LogP) is 2.77. The molecule has 1 heterocycles. The van der Waals surface area contributed by atoms with Gasteiger partial charge in [0.05, 0.1) is 5.69 Å². The van der Waals surface area contributed by atoms with E-state index in [1.165, 1.54) is 11.3 Å². The fourth-order valence-corrected chi connectivity index (χ4v) is 2.45. The summed E-state index contributed by atoms with van der Waals surface area (Å²) in [4.78, 5) is 11.1. The smallest absolute Gasteiger partial charge is 0.248 e. The van der Waals surface area contributed by atoms with E-state index >= 15 is 0 Å². The van der Waals surface area contributed by atoms with E-state index in [1.807, 2.05) is 19.1 Å². The van der Waals surface area contributed by atoms with E-state index in [4.69, 9.17) is 5.73 Å². The van der Waals surface area contributed by atoms with Crippen molar-refractivity contribution in [2.45, 2.75) is 40.2 Å². The second-order valence-electron chi connectivity index (χ2n) is 5.43. The summed E-state index contributed by atoms with van der Waals surface area (Å²) in [5.41, 5.74) is 10.5. The molecular formula is C16H21N3O. The molecule has 0 spiro atoms. The standard InChI is InChI=1S/C16H21N3O/c1-10(2)19-12(4)15(11(3)18-19)9-13-5-7-14(8-6-13)16(17)20/h5-8,10H,9H2,1-4H3,(H2,17,20). The number of carbonyl (C=O) groups excluding carboxylic acids is 1. The number of nitrogens with two attached hydrogens (primary N) is 1. The lowest BCUT2D eigenvalue weighted by Crippen LogP contribution is -2.10. The monoisotopic (exact) mass is 271 g/mol. The number of aromatic nitrogens is 2. The summed E-state index contributed by atoms with van der Waals surface area (Å²) < 4.78 is 2.06. The second-order valence-corrected chi connectivity index (χ2v) is 5.43. The maximum atomic E-state index is 11.1. The number of aryl methyl sites for hydroxylation is 1. The Morgan fingerprint density at radius 3 is 2.30 bits per heavy atom. The molecule has 2 aromatic rings. The van der Waals surface area contributed by atoms with Crippen LogP contribution in [0.3, 0.4) is 0 Å². The first kappa shape index (κ1) is 14.3. The van der Waals surface area contributed by atoms with Crippen molar-refractivity contribution in [3.8, 4) is 0 Å². The van der Waals surface area contributed by atoms with Crippen LogP contribution < -0.4 is 5.73 Å². The van der Waals surface area contributed by atoms with E-state index in [1.54, 1.807) is 12.1 Å². The summed E-state index contributed by atoms with van der Waals surface area (Å²) in [7, 11) is 0. The molecule has 2 rings (SSSR count). The molecule has 0 unspecified atom stereocenters. The van der Waals surface area contributed by atoms with Crippen molar-refractivity contribution in [1.82, 2.24) is 9.78 Å². The SMILES string of the molecule is Cc1nn(C(C)C)c(C)c1Cc1ccc(C(N)=O)cc1. The minimum Gasteiger partial charge on any atom is -0.366 e. The maximum absolute atomic E-state index is 11.1. The molecule has 1 aromatic heterocycles. The zero-order chi connectivity index (χ0) is 14.9. The Bertz CT molecular complexity index is 624. The minimum absolute atomic E-state index is 0.361. The average molecular weight is 271 g/mol. The Balaban J connectivity index is 2.28. The highest BCUT2D eigenvalue weighted by Gasteiger charge is 2.13. The zero-order valence-corrected chi connectivity index (χ0v) is 12.5. The molecule has 2 N–H and O–H groups in total. The third-order valence-corrected chi connectivity index (χ3v) is 3.58. The molecule has 106 valence electrons. The van der Waals surface area contributed by atoms with Crippen molar-refractivity contribution in [1.29, 1.82) is 0 Å². The number of carbonyl (C=O) groups is 1. The molecule has 0 bridgehead atoms. The van der Waals surface area contributed by atoms with E-state index in [-0.39, 0.29) is 0 Å². The van der Waals surface area contributed by atoms with E-state index in [2.05, 4.69) is 30.6 Å². The lowest BCUT2D eigenvalue weighted by molar-refractivity contribution is 0.100. The maximum Gasteiger partial charge on any atom is 0.248 e. The highest BCUT2D eigenvalue weighted by atomic mass is 16.1. The number of hydrogen-bond donors (Lipinski definition) is 1. The summed E-state index contributed by atoms with van der Waals surface area (Å²) in [6, 6.07) is 7.81. The molecule has 0 atom stereocenters. The summed E-state index contributed by atoms with van der Waals surface area (Å²) in [6.45, 7) is 8.40. The first-order valence-corrected chi connectivity index (χ1v) is 6.83. The van der Waals surface area contributed by atoms with Gasteiger partial charge in [0.15, 0.2) is 0 Å². The lowest BCUT2D eigenvalue weighted by Gasteiger charge is -2.09. The van der Waals surface area contributed by atoms with E-state index in [0.717, 1.165) is 17.7 Å². The minimum atomic E-state index is -0.392. The molecule has 0 aliphatic carbocycles. The van der Waals surface area contributed by atoms with Crippen molar-refractivity contribution in [3.05, 3.63) is 52.3 Å². The van der Waals surface area contributed by atoms with Crippen LogP contribution in [0.2, 0.25) is 0 Å². The van der Waals surface area contributed by atoms with E-state index in [9.17, 15) is 4.79 Å². The van der Waals surface area contributed by atoms with E-state index in [0.29, 0.717) is 11.6 Å². The first-order chi connectivity index (χ1) is 9.40. The van der Waals surface area contributed by atoms with Crippen LogP contribution in [-0.4, -0.2) is 15.7 Å². The van der Waals surface area contributed by atoms with Crippen LogP contribution in [0, 0.1) is 13.8 Å². The van der Waals surface area contributed by atoms with Gasteiger partial charge in [-0.15, -0.1) is 0 Å². The summed E-state index contributed by atoms with van der Waals surface area (Å²) >= 11 is 0. The number of primary amides is 1. The molecule has 0 saturated heterocycles. The number of amides is 1. The quantitative estimate of drug-likeness (QED) is 0.929. The Kier molecular flexibility index (Phi) is 3.93. The second kappa shape index (κ2) is 5.49. The van der Waals surface area contributed by atoms with Crippen LogP contribution in [-0.2, 0) is 6.42 Å². The van der Waals surface area contributed by atoms with Crippen molar-refractivity contribution >= 4 is 5.91 Å². The van der Waals surface area contributed by atoms with Gasteiger partial charge in [0.25, 0.3) is 0 Å². The predicted molar refractivity (Wildman–Crippen MR) is 79.9 cm³/mol. The third kappa shape index (κ3) is 2.74. The Morgan fingerprint density at radius 1 is 1.25 bits per heavy atom. The number of benzene rings is 1. The van der Waals surface area contributed by atoms with Gasteiger partial charge >= 0.3 is 0 Å². The molecule has 0 aliphatic heterocycles. The van der Waals surface area contributed by atoms with Gasteiger partial charge in [-0.25, -0.2) is 0 Å². The van der Waals surface area contributed by atoms with E-state index < -0.39 is 5.91 Å². The van der Waals surface area contributed by atoms with Crippen LogP contribution >= 0.6 is 0 Å². The van der Waals surface area contributed by atoms with Crippen LogP contribution in [0.5, 0.6) is 0 Å². The van der Waals surface area contributed by atoms with Crippen LogP contribution in [0.1, 0.15) is 52.8 Å². The first-order valence-electron chi connectivity index (χ1n) is 6.83. The fourth-order valence-electron chi connectivity index (χ4n) is 2.45. The molecule has 1 aromatic carbocycles. The zero-order valence-electron chi connectivity index (χ0n) is 12.5. The molecule has 0 aliphatic rings. The largest absolute Gasteiger partial charge is 0.366 e. The topological polar surface area (TPSA) is 60.9 Å². The van der Waals surface area contributed by atoms with Crippen molar-refractivity contribution in [2.75, 3.05) is 0 Å². The molecule has 0 radical (unpaired) electrons. The summed E-state index contributed by atoms with van der Waals surface area (Å²) in [5.74, 6) is -0.392. The molecule has 1 amide bonds. The van der Waals surface area contributed by atoms with Gasteiger partial charge in [-0.3, -0.25) is 9.48 Å². The van der Waals surface area contributed by atoms with Gasteiger partial charge in [-0.05, 0) is 45.4 Å². The van der Waals surface area contributed by atoms with Gasteiger partial charge in [-0.2, -0.15) is 5.10 Å². The highest BCUT2D eigenvalue weighted by Crippen LogP contribution is 2.20. The van der Waals surface area contributed by atoms with Gasteiger partial charge in [-0.1, -0.05) is 12.1 Å². The van der Waals surface area contributed by atoms with Crippen LogP contribution in [0.4, 0.5) is 0 Å². The van der Waals surface area contributed by atoms with Gasteiger partial charge in [0.1, 0.15) is 0 Å². The van der Waals surface area contributed by atoms with Gasteiger partial charge < -0.3 is 5.73 Å². The highest BCUT2D eigenvalue weighted by molar-refractivity contribution is 5.92. The Morgan fingerprint density at radius 2 is 1.85 bits per heavy atom. The normalized spacial score (nSPS) is 11.1.